The average molecular weight is 349 g/mol. The first-order valence-electron chi connectivity index (χ1n) is 6.91. The monoisotopic (exact) mass is 348 g/mol. The lowest BCUT2D eigenvalue weighted by molar-refractivity contribution is 0.412. The molecule has 0 radical (unpaired) electrons. The summed E-state index contributed by atoms with van der Waals surface area (Å²) in [5.41, 5.74) is 7.94. The van der Waals surface area contributed by atoms with Crippen LogP contribution < -0.4 is 16.0 Å². The molecule has 2 aromatic rings. The van der Waals surface area contributed by atoms with Gasteiger partial charge in [0.2, 0.25) is 0 Å². The van der Waals surface area contributed by atoms with Gasteiger partial charge in [0.15, 0.2) is 0 Å². The van der Waals surface area contributed by atoms with Crippen molar-refractivity contribution in [1.29, 1.82) is 0 Å². The summed E-state index contributed by atoms with van der Waals surface area (Å²) in [6.07, 6.45) is 0.823. The predicted molar refractivity (Wildman–Crippen MR) is 90.4 cm³/mol. The molecule has 1 unspecified atom stereocenters. The van der Waals surface area contributed by atoms with Gasteiger partial charge in [-0.15, -0.1) is 0 Å². The second kappa shape index (κ2) is 7.07. The third-order valence-electron chi connectivity index (χ3n) is 3.88. The molecule has 3 nitrogen and oxygen atoms in total. The summed E-state index contributed by atoms with van der Waals surface area (Å²) >= 11 is 3.52. The Morgan fingerprint density at radius 2 is 2.00 bits per heavy atom. The van der Waals surface area contributed by atoms with E-state index >= 15 is 0 Å². The normalized spacial score (nSPS) is 12.2. The lowest BCUT2D eigenvalue weighted by Gasteiger charge is -2.20. The maximum Gasteiger partial charge on any atom is 0.133 e. The highest BCUT2D eigenvalue weighted by Gasteiger charge is 2.14. The maximum atomic E-state index is 5.78. The number of aryl methyl sites for hydroxylation is 1. The fraction of sp³-hybridized carbons (Fsp3) is 0.294. The largest absolute Gasteiger partial charge is 0.496 e. The zero-order valence-corrected chi connectivity index (χ0v) is 14.2. The molecule has 0 aromatic heterocycles. The van der Waals surface area contributed by atoms with Gasteiger partial charge in [-0.2, -0.15) is 0 Å². The Bertz CT molecular complexity index is 628. The number of rotatable bonds is 5. The molecule has 0 bridgehead atoms. The number of halogens is 1. The molecule has 0 aliphatic rings. The molecule has 0 saturated heterocycles. The van der Waals surface area contributed by atoms with Crippen molar-refractivity contribution in [3.63, 3.8) is 0 Å². The summed E-state index contributed by atoms with van der Waals surface area (Å²) in [7, 11) is 1.67. The highest BCUT2D eigenvalue weighted by atomic mass is 79.9. The first kappa shape index (κ1) is 16.0. The summed E-state index contributed by atoms with van der Waals surface area (Å²) in [5, 5.41) is 0. The van der Waals surface area contributed by atoms with Crippen LogP contribution in [0.4, 0.5) is 0 Å². The van der Waals surface area contributed by atoms with Crippen LogP contribution in [0.25, 0.3) is 0 Å². The number of methoxy groups -OCH3 is 1. The van der Waals surface area contributed by atoms with E-state index in [-0.39, 0.29) is 6.04 Å². The maximum absolute atomic E-state index is 5.78. The van der Waals surface area contributed by atoms with Crippen molar-refractivity contribution in [2.45, 2.75) is 26.3 Å². The zero-order chi connectivity index (χ0) is 15.4. The van der Waals surface area contributed by atoms with Crippen molar-refractivity contribution >= 4 is 15.9 Å². The van der Waals surface area contributed by atoms with Gasteiger partial charge in [-0.05, 0) is 70.6 Å². The molecule has 112 valence electrons. The first-order chi connectivity index (χ1) is 10.1. The van der Waals surface area contributed by atoms with Crippen LogP contribution in [0.3, 0.4) is 0 Å². The Labute approximate surface area is 134 Å². The van der Waals surface area contributed by atoms with Gasteiger partial charge in [0.25, 0.3) is 0 Å². The van der Waals surface area contributed by atoms with Crippen LogP contribution in [-0.2, 0) is 6.42 Å². The van der Waals surface area contributed by atoms with Gasteiger partial charge in [0.1, 0.15) is 5.75 Å². The molecule has 3 N–H and O–H groups in total. The smallest absolute Gasteiger partial charge is 0.133 e. The summed E-state index contributed by atoms with van der Waals surface area (Å²) in [5.74, 6) is 6.62. The van der Waals surface area contributed by atoms with Crippen molar-refractivity contribution in [3.8, 4) is 5.75 Å². The van der Waals surface area contributed by atoms with Crippen LogP contribution >= 0.6 is 15.9 Å². The van der Waals surface area contributed by atoms with E-state index in [1.807, 2.05) is 6.07 Å². The Morgan fingerprint density at radius 3 is 2.62 bits per heavy atom. The van der Waals surface area contributed by atoms with E-state index in [0.717, 1.165) is 16.6 Å². The average Bonchev–Trinajstić information content (AvgIpc) is 2.48. The van der Waals surface area contributed by atoms with Crippen LogP contribution in [0, 0.1) is 13.8 Å². The van der Waals surface area contributed by atoms with E-state index in [1.54, 1.807) is 7.11 Å². The van der Waals surface area contributed by atoms with Gasteiger partial charge in [-0.1, -0.05) is 24.3 Å². The Balaban J connectivity index is 2.27. The SMILES string of the molecule is COc1ccc(CC(NN)c2cccc(C)c2C)cc1Br. The van der Waals surface area contributed by atoms with E-state index in [4.69, 9.17) is 10.6 Å². The van der Waals surface area contributed by atoms with Gasteiger partial charge >= 0.3 is 0 Å². The number of nitrogens with two attached hydrogens (primary N) is 1. The van der Waals surface area contributed by atoms with Crippen molar-refractivity contribution in [3.05, 3.63) is 63.1 Å². The van der Waals surface area contributed by atoms with Gasteiger partial charge < -0.3 is 4.74 Å². The second-order valence-electron chi connectivity index (χ2n) is 5.18. The number of nitrogens with one attached hydrogen (secondary N) is 1. The van der Waals surface area contributed by atoms with Crippen molar-refractivity contribution in [1.82, 2.24) is 5.43 Å². The number of benzene rings is 2. The van der Waals surface area contributed by atoms with Gasteiger partial charge in [-0.3, -0.25) is 11.3 Å². The molecular formula is C17H21BrN2O. The predicted octanol–water partition coefficient (Wildman–Crippen LogP) is 3.82. The topological polar surface area (TPSA) is 47.3 Å². The van der Waals surface area contributed by atoms with Crippen molar-refractivity contribution < 1.29 is 4.74 Å². The van der Waals surface area contributed by atoms with E-state index in [0.29, 0.717) is 0 Å². The summed E-state index contributed by atoms with van der Waals surface area (Å²) in [6.45, 7) is 4.26. The van der Waals surface area contributed by atoms with E-state index in [2.05, 4.69) is 65.5 Å². The fourth-order valence-corrected chi connectivity index (χ4v) is 3.07. The molecule has 0 spiro atoms. The van der Waals surface area contributed by atoms with E-state index in [1.165, 1.54) is 22.3 Å². The molecule has 0 fully saturated rings. The number of hydrazine groups is 1. The highest BCUT2D eigenvalue weighted by molar-refractivity contribution is 9.10. The number of hydrogen-bond acceptors (Lipinski definition) is 3. The summed E-state index contributed by atoms with van der Waals surface area (Å²) in [4.78, 5) is 0. The third-order valence-corrected chi connectivity index (χ3v) is 4.50. The Hall–Kier alpha value is -1.36. The fourth-order valence-electron chi connectivity index (χ4n) is 2.48. The molecule has 4 heteroatoms. The molecule has 1 atom stereocenters. The standard InChI is InChI=1S/C17H21BrN2O/c1-11-5-4-6-14(12(11)2)16(20-19)10-13-7-8-17(21-3)15(18)9-13/h4-9,16,20H,10,19H2,1-3H3. The lowest BCUT2D eigenvalue weighted by Crippen LogP contribution is -2.30. The highest BCUT2D eigenvalue weighted by Crippen LogP contribution is 2.28. The molecular weight excluding hydrogens is 328 g/mol. The number of hydrogen-bond donors (Lipinski definition) is 2. The lowest BCUT2D eigenvalue weighted by atomic mass is 9.93. The van der Waals surface area contributed by atoms with E-state index < -0.39 is 0 Å². The molecule has 2 rings (SSSR count). The Morgan fingerprint density at radius 1 is 1.24 bits per heavy atom. The second-order valence-corrected chi connectivity index (χ2v) is 6.04. The first-order valence-corrected chi connectivity index (χ1v) is 7.70. The van der Waals surface area contributed by atoms with Crippen LogP contribution in [-0.4, -0.2) is 7.11 Å². The minimum atomic E-state index is 0.0881. The minimum Gasteiger partial charge on any atom is -0.496 e. The van der Waals surface area contributed by atoms with Crippen LogP contribution in [0.15, 0.2) is 40.9 Å². The van der Waals surface area contributed by atoms with Crippen molar-refractivity contribution in [2.24, 2.45) is 5.84 Å². The zero-order valence-electron chi connectivity index (χ0n) is 12.6. The quantitative estimate of drug-likeness (QED) is 0.637. The third kappa shape index (κ3) is 3.64. The molecule has 0 heterocycles. The molecule has 0 aliphatic heterocycles. The van der Waals surface area contributed by atoms with Gasteiger partial charge in [0.05, 0.1) is 17.6 Å². The molecule has 21 heavy (non-hydrogen) atoms. The molecule has 0 aliphatic carbocycles. The summed E-state index contributed by atoms with van der Waals surface area (Å²) < 4.78 is 6.22. The molecule has 0 amide bonds. The minimum absolute atomic E-state index is 0.0881. The van der Waals surface area contributed by atoms with Crippen LogP contribution in [0.1, 0.15) is 28.3 Å². The Kier molecular flexibility index (Phi) is 5.39. The van der Waals surface area contributed by atoms with Gasteiger partial charge in [-0.25, -0.2) is 0 Å². The van der Waals surface area contributed by atoms with Crippen molar-refractivity contribution in [2.75, 3.05) is 7.11 Å². The number of ether oxygens (including phenoxy) is 1. The van der Waals surface area contributed by atoms with Gasteiger partial charge in [0, 0.05) is 0 Å². The molecule has 0 saturated carbocycles. The van der Waals surface area contributed by atoms with Crippen LogP contribution in [0.5, 0.6) is 5.75 Å². The van der Waals surface area contributed by atoms with Crippen LogP contribution in [0.2, 0.25) is 0 Å². The van der Waals surface area contributed by atoms with E-state index in [9.17, 15) is 0 Å². The summed E-state index contributed by atoms with van der Waals surface area (Å²) in [6, 6.07) is 12.5. The molecule has 2 aromatic carbocycles.